The number of aliphatic hydroxyl groups excluding tert-OH is 1. The maximum atomic E-state index is 12.3. The number of hydrogen-bond acceptors (Lipinski definition) is 3. The minimum Gasteiger partial charge on any atom is -0.480 e. The number of amides is 2. The molecule has 0 unspecified atom stereocenters. The number of urea groups is 1. The first-order chi connectivity index (χ1) is 8.49. The predicted octanol–water partition coefficient (Wildman–Crippen LogP) is 0.278. The van der Waals surface area contributed by atoms with Crippen LogP contribution in [0.1, 0.15) is 19.8 Å². The summed E-state index contributed by atoms with van der Waals surface area (Å²) in [6.07, 6.45) is 2.25. The van der Waals surface area contributed by atoms with Gasteiger partial charge in [0.25, 0.3) is 0 Å². The van der Waals surface area contributed by atoms with Gasteiger partial charge in [0.05, 0.1) is 6.10 Å². The van der Waals surface area contributed by atoms with Gasteiger partial charge in [-0.05, 0) is 13.3 Å². The molecule has 1 fully saturated rings. The average Bonchev–Trinajstić information content (AvgIpc) is 2.70. The molecule has 2 rings (SSSR count). The number of rotatable bonds is 1. The smallest absolute Gasteiger partial charge is 0.326 e. The lowest BCUT2D eigenvalue weighted by molar-refractivity contribution is -0.141. The molecule has 0 spiro atoms. The third-order valence-corrected chi connectivity index (χ3v) is 3.41. The lowest BCUT2D eigenvalue weighted by Gasteiger charge is -2.32. The van der Waals surface area contributed by atoms with E-state index >= 15 is 0 Å². The van der Waals surface area contributed by atoms with Crippen LogP contribution in [0.2, 0.25) is 0 Å². The van der Waals surface area contributed by atoms with Crippen LogP contribution in [0.5, 0.6) is 0 Å². The van der Waals surface area contributed by atoms with E-state index in [0.29, 0.717) is 13.1 Å². The Labute approximate surface area is 105 Å². The van der Waals surface area contributed by atoms with Crippen LogP contribution >= 0.6 is 0 Å². The van der Waals surface area contributed by atoms with E-state index in [9.17, 15) is 14.7 Å². The highest BCUT2D eigenvalue weighted by Gasteiger charge is 2.40. The van der Waals surface area contributed by atoms with Gasteiger partial charge in [-0.2, -0.15) is 0 Å². The Hall–Kier alpha value is -1.56. The maximum absolute atomic E-state index is 12.3. The molecule has 2 amide bonds. The Balaban J connectivity index is 2.08. The van der Waals surface area contributed by atoms with Crippen LogP contribution in [-0.4, -0.2) is 63.8 Å². The second kappa shape index (κ2) is 4.97. The van der Waals surface area contributed by atoms with E-state index in [2.05, 4.69) is 6.08 Å². The van der Waals surface area contributed by atoms with Gasteiger partial charge in [0.2, 0.25) is 0 Å². The summed E-state index contributed by atoms with van der Waals surface area (Å²) in [5.41, 5.74) is 1.11. The van der Waals surface area contributed by atoms with Crippen LogP contribution in [0.25, 0.3) is 0 Å². The number of carboxylic acids is 1. The quantitative estimate of drug-likeness (QED) is 0.658. The molecule has 0 radical (unpaired) electrons. The van der Waals surface area contributed by atoms with Crippen molar-refractivity contribution in [2.75, 3.05) is 19.6 Å². The molecule has 18 heavy (non-hydrogen) atoms. The Kier molecular flexibility index (Phi) is 3.56. The fourth-order valence-corrected chi connectivity index (χ4v) is 2.52. The summed E-state index contributed by atoms with van der Waals surface area (Å²) in [6.45, 7) is 3.20. The number of likely N-dealkylation sites (tertiary alicyclic amines) is 1. The van der Waals surface area contributed by atoms with Crippen LogP contribution in [0.3, 0.4) is 0 Å². The summed E-state index contributed by atoms with van der Waals surface area (Å²) in [5, 5.41) is 18.6. The lowest BCUT2D eigenvalue weighted by Crippen LogP contribution is -2.49. The standard InChI is InChI=1S/C12H18N2O4/c1-8-3-2-4-13(6-8)12(18)14-7-9(15)5-10(14)11(16)17/h3,9-10,15H,2,4-7H2,1H3,(H,16,17)/t9-,10+/m1/s1. The summed E-state index contributed by atoms with van der Waals surface area (Å²) in [5.74, 6) is -1.05. The molecule has 2 heterocycles. The average molecular weight is 254 g/mol. The molecular weight excluding hydrogens is 236 g/mol. The number of carbonyl (C=O) groups excluding carboxylic acids is 1. The topological polar surface area (TPSA) is 81.1 Å². The number of carboxylic acid groups (broad SMARTS) is 1. The van der Waals surface area contributed by atoms with Gasteiger partial charge in [0, 0.05) is 26.1 Å². The van der Waals surface area contributed by atoms with Crippen molar-refractivity contribution in [3.63, 3.8) is 0 Å². The molecule has 0 saturated carbocycles. The van der Waals surface area contributed by atoms with Gasteiger partial charge in [-0.1, -0.05) is 11.6 Å². The maximum Gasteiger partial charge on any atom is 0.326 e. The second-order valence-corrected chi connectivity index (χ2v) is 4.94. The van der Waals surface area contributed by atoms with Crippen LogP contribution in [0, 0.1) is 0 Å². The molecule has 2 atom stereocenters. The molecule has 6 nitrogen and oxygen atoms in total. The molecule has 2 N–H and O–H groups in total. The Morgan fingerprint density at radius 1 is 1.44 bits per heavy atom. The van der Waals surface area contributed by atoms with E-state index in [-0.39, 0.29) is 19.0 Å². The molecule has 2 aliphatic heterocycles. The molecule has 0 aromatic carbocycles. The number of β-amino-alcohol motifs (C(OH)–C–C–N with tert-alkyl or cyclic N) is 1. The Bertz CT molecular complexity index is 394. The van der Waals surface area contributed by atoms with Gasteiger partial charge in [-0.3, -0.25) is 0 Å². The van der Waals surface area contributed by atoms with E-state index in [1.165, 1.54) is 4.90 Å². The molecule has 0 aromatic heterocycles. The summed E-state index contributed by atoms with van der Waals surface area (Å²) in [7, 11) is 0. The lowest BCUT2D eigenvalue weighted by atomic mass is 10.1. The van der Waals surface area contributed by atoms with Crippen molar-refractivity contribution >= 4 is 12.0 Å². The van der Waals surface area contributed by atoms with Crippen molar-refractivity contribution in [1.29, 1.82) is 0 Å². The highest BCUT2D eigenvalue weighted by molar-refractivity contribution is 5.83. The van der Waals surface area contributed by atoms with Crippen molar-refractivity contribution in [3.8, 4) is 0 Å². The summed E-state index contributed by atoms with van der Waals surface area (Å²) in [4.78, 5) is 26.2. The van der Waals surface area contributed by atoms with Gasteiger partial charge in [0.15, 0.2) is 0 Å². The minimum absolute atomic E-state index is 0.106. The molecule has 0 bridgehead atoms. The molecule has 0 aliphatic carbocycles. The molecule has 0 aromatic rings. The van der Waals surface area contributed by atoms with E-state index in [1.807, 2.05) is 6.92 Å². The van der Waals surface area contributed by atoms with E-state index in [1.54, 1.807) is 4.90 Å². The third kappa shape index (κ3) is 2.48. The molecule has 100 valence electrons. The largest absolute Gasteiger partial charge is 0.480 e. The summed E-state index contributed by atoms with van der Waals surface area (Å²) in [6, 6.07) is -1.19. The van der Waals surface area contributed by atoms with Crippen molar-refractivity contribution in [1.82, 2.24) is 9.80 Å². The minimum atomic E-state index is -1.05. The zero-order valence-electron chi connectivity index (χ0n) is 10.4. The van der Waals surface area contributed by atoms with Gasteiger partial charge >= 0.3 is 12.0 Å². The third-order valence-electron chi connectivity index (χ3n) is 3.41. The molecule has 1 saturated heterocycles. The monoisotopic (exact) mass is 254 g/mol. The van der Waals surface area contributed by atoms with Crippen LogP contribution in [0.15, 0.2) is 11.6 Å². The van der Waals surface area contributed by atoms with Crippen molar-refractivity contribution in [2.45, 2.75) is 31.9 Å². The Morgan fingerprint density at radius 3 is 2.78 bits per heavy atom. The number of nitrogens with zero attached hydrogens (tertiary/aromatic N) is 2. The normalized spacial score (nSPS) is 28.2. The zero-order valence-corrected chi connectivity index (χ0v) is 10.4. The molecular formula is C12H18N2O4. The van der Waals surface area contributed by atoms with Crippen LogP contribution in [0.4, 0.5) is 4.79 Å². The molecule has 2 aliphatic rings. The highest BCUT2D eigenvalue weighted by atomic mass is 16.4. The fraction of sp³-hybridized carbons (Fsp3) is 0.667. The van der Waals surface area contributed by atoms with E-state index in [4.69, 9.17) is 5.11 Å². The van der Waals surface area contributed by atoms with Gasteiger partial charge in [-0.15, -0.1) is 0 Å². The number of aliphatic carboxylic acids is 1. The van der Waals surface area contributed by atoms with Crippen LogP contribution in [-0.2, 0) is 4.79 Å². The first kappa shape index (κ1) is 12.9. The SMILES string of the molecule is CC1=CCCN(C(=O)N2C[C@H](O)C[C@H]2C(=O)O)C1. The van der Waals surface area contributed by atoms with E-state index < -0.39 is 18.1 Å². The van der Waals surface area contributed by atoms with Gasteiger partial charge < -0.3 is 20.0 Å². The van der Waals surface area contributed by atoms with Gasteiger partial charge in [0.1, 0.15) is 6.04 Å². The zero-order chi connectivity index (χ0) is 13.3. The van der Waals surface area contributed by atoms with Crippen LogP contribution < -0.4 is 0 Å². The summed E-state index contributed by atoms with van der Waals surface area (Å²) >= 11 is 0. The van der Waals surface area contributed by atoms with Crippen molar-refractivity contribution in [2.24, 2.45) is 0 Å². The van der Waals surface area contributed by atoms with Gasteiger partial charge in [-0.25, -0.2) is 9.59 Å². The van der Waals surface area contributed by atoms with Crippen molar-refractivity contribution < 1.29 is 19.8 Å². The summed E-state index contributed by atoms with van der Waals surface area (Å²) < 4.78 is 0. The first-order valence-electron chi connectivity index (χ1n) is 6.11. The highest BCUT2D eigenvalue weighted by Crippen LogP contribution is 2.21. The van der Waals surface area contributed by atoms with E-state index in [0.717, 1.165) is 12.0 Å². The predicted molar refractivity (Wildman–Crippen MR) is 64.1 cm³/mol. The molecule has 6 heteroatoms. The number of hydrogen-bond donors (Lipinski definition) is 2. The van der Waals surface area contributed by atoms with Crippen molar-refractivity contribution in [3.05, 3.63) is 11.6 Å². The fourth-order valence-electron chi connectivity index (χ4n) is 2.52. The second-order valence-electron chi connectivity index (χ2n) is 4.94. The Morgan fingerprint density at radius 2 is 2.17 bits per heavy atom. The number of aliphatic hydroxyl groups is 1. The number of carbonyl (C=O) groups is 2. The first-order valence-corrected chi connectivity index (χ1v) is 6.11.